The molecule has 1 fully saturated rings. The molecule has 0 N–H and O–H groups in total. The monoisotopic (exact) mass is 385 g/mol. The van der Waals surface area contributed by atoms with E-state index in [2.05, 4.69) is 49.9 Å². The Balaban J connectivity index is 1.26. The van der Waals surface area contributed by atoms with Crippen molar-refractivity contribution in [2.24, 2.45) is 7.05 Å². The largest absolute Gasteiger partial charge is 0.368 e. The van der Waals surface area contributed by atoms with E-state index in [1.54, 1.807) is 6.33 Å². The van der Waals surface area contributed by atoms with Crippen LogP contribution in [0.1, 0.15) is 5.56 Å². The van der Waals surface area contributed by atoms with Gasteiger partial charge in [-0.15, -0.1) is 0 Å². The predicted octanol–water partition coefficient (Wildman–Crippen LogP) is 3.01. The van der Waals surface area contributed by atoms with E-state index < -0.39 is 0 Å². The number of anilines is 1. The van der Waals surface area contributed by atoms with Gasteiger partial charge in [-0.2, -0.15) is 0 Å². The molecule has 0 bridgehead atoms. The van der Waals surface area contributed by atoms with E-state index in [0.29, 0.717) is 6.42 Å². The summed E-state index contributed by atoms with van der Waals surface area (Å²) in [7, 11) is 2.03. The lowest BCUT2D eigenvalue weighted by molar-refractivity contribution is -0.130. The Hall–Kier alpha value is -3.41. The summed E-state index contributed by atoms with van der Waals surface area (Å²) < 4.78 is 2.10. The van der Waals surface area contributed by atoms with Crippen molar-refractivity contribution in [2.45, 2.75) is 6.42 Å². The molecule has 4 aromatic rings. The van der Waals surface area contributed by atoms with Crippen molar-refractivity contribution in [3.05, 3.63) is 66.7 Å². The van der Waals surface area contributed by atoms with Crippen LogP contribution >= 0.6 is 0 Å². The molecule has 5 rings (SSSR count). The van der Waals surface area contributed by atoms with E-state index in [1.165, 1.54) is 10.9 Å². The van der Waals surface area contributed by atoms with Crippen LogP contribution in [0.3, 0.4) is 0 Å². The van der Waals surface area contributed by atoms with Crippen molar-refractivity contribution >= 4 is 33.4 Å². The SMILES string of the molecule is Cn1cc(CC(=O)N2CCN(c3ccc4ncncc4c3)CC2)c2ccccc21. The number of carbonyl (C=O) groups excluding carboxylic acids is 1. The first-order chi connectivity index (χ1) is 14.2. The van der Waals surface area contributed by atoms with Crippen molar-refractivity contribution < 1.29 is 4.79 Å². The molecule has 2 aromatic heterocycles. The summed E-state index contributed by atoms with van der Waals surface area (Å²) >= 11 is 0. The van der Waals surface area contributed by atoms with Crippen LogP contribution in [0.4, 0.5) is 5.69 Å². The van der Waals surface area contributed by atoms with Gasteiger partial charge in [-0.25, -0.2) is 9.97 Å². The third kappa shape index (κ3) is 3.31. The van der Waals surface area contributed by atoms with Gasteiger partial charge in [0.05, 0.1) is 11.9 Å². The van der Waals surface area contributed by atoms with Gasteiger partial charge in [0.25, 0.3) is 0 Å². The molecule has 0 atom stereocenters. The van der Waals surface area contributed by atoms with Crippen molar-refractivity contribution in [3.8, 4) is 0 Å². The highest BCUT2D eigenvalue weighted by atomic mass is 16.2. The zero-order valence-electron chi connectivity index (χ0n) is 16.5. The van der Waals surface area contributed by atoms with Crippen molar-refractivity contribution in [1.82, 2.24) is 19.4 Å². The van der Waals surface area contributed by atoms with Crippen LogP contribution in [0.5, 0.6) is 0 Å². The van der Waals surface area contributed by atoms with Crippen LogP contribution in [0.2, 0.25) is 0 Å². The van der Waals surface area contributed by atoms with Crippen LogP contribution < -0.4 is 4.90 Å². The van der Waals surface area contributed by atoms with Crippen LogP contribution in [0.15, 0.2) is 61.2 Å². The van der Waals surface area contributed by atoms with Gasteiger partial charge in [0.2, 0.25) is 5.91 Å². The normalized spacial score (nSPS) is 14.7. The molecule has 1 aliphatic heterocycles. The van der Waals surface area contributed by atoms with Gasteiger partial charge in [-0.3, -0.25) is 4.79 Å². The number of aromatic nitrogens is 3. The van der Waals surface area contributed by atoms with Gasteiger partial charge in [0, 0.05) is 67.6 Å². The smallest absolute Gasteiger partial charge is 0.227 e. The second-order valence-corrected chi connectivity index (χ2v) is 7.59. The molecular formula is C23H23N5O. The minimum Gasteiger partial charge on any atom is -0.368 e. The summed E-state index contributed by atoms with van der Waals surface area (Å²) in [5, 5.41) is 2.21. The fourth-order valence-corrected chi connectivity index (χ4v) is 4.22. The molecule has 1 amide bonds. The van der Waals surface area contributed by atoms with E-state index in [-0.39, 0.29) is 5.91 Å². The molecule has 1 aliphatic rings. The molecule has 0 unspecified atom stereocenters. The number of hydrogen-bond acceptors (Lipinski definition) is 4. The minimum atomic E-state index is 0.202. The standard InChI is InChI=1S/C23H23N5O/c1-26-15-18(20-4-2-3-5-22(20)26)13-23(29)28-10-8-27(9-11-28)19-6-7-21-17(12-19)14-24-16-25-21/h2-7,12,14-16H,8-11,13H2,1H3. The summed E-state index contributed by atoms with van der Waals surface area (Å²) in [5.74, 6) is 0.202. The highest BCUT2D eigenvalue weighted by molar-refractivity contribution is 5.89. The highest BCUT2D eigenvalue weighted by Gasteiger charge is 2.22. The molecule has 3 heterocycles. The molecule has 0 radical (unpaired) electrons. The molecule has 146 valence electrons. The first kappa shape index (κ1) is 17.7. The zero-order valence-corrected chi connectivity index (χ0v) is 16.5. The van der Waals surface area contributed by atoms with E-state index in [0.717, 1.165) is 48.3 Å². The molecule has 6 heteroatoms. The first-order valence-corrected chi connectivity index (χ1v) is 9.94. The van der Waals surface area contributed by atoms with Gasteiger partial charge >= 0.3 is 0 Å². The molecule has 0 spiro atoms. The molecule has 29 heavy (non-hydrogen) atoms. The maximum atomic E-state index is 12.9. The van der Waals surface area contributed by atoms with Crippen LogP contribution in [0, 0.1) is 0 Å². The average Bonchev–Trinajstić information content (AvgIpc) is 3.09. The van der Waals surface area contributed by atoms with E-state index in [1.807, 2.05) is 36.3 Å². The minimum absolute atomic E-state index is 0.202. The molecule has 1 saturated heterocycles. The number of rotatable bonds is 3. The van der Waals surface area contributed by atoms with Gasteiger partial charge in [-0.05, 0) is 29.8 Å². The number of piperazine rings is 1. The Morgan fingerprint density at radius 1 is 1.07 bits per heavy atom. The third-order valence-corrected chi connectivity index (χ3v) is 5.81. The molecule has 0 aliphatic carbocycles. The van der Waals surface area contributed by atoms with E-state index in [9.17, 15) is 4.79 Å². The van der Waals surface area contributed by atoms with Gasteiger partial charge in [0.1, 0.15) is 6.33 Å². The van der Waals surface area contributed by atoms with Crippen molar-refractivity contribution in [3.63, 3.8) is 0 Å². The third-order valence-electron chi connectivity index (χ3n) is 5.81. The van der Waals surface area contributed by atoms with Crippen molar-refractivity contribution in [2.75, 3.05) is 31.1 Å². The maximum Gasteiger partial charge on any atom is 0.227 e. The Kier molecular flexibility index (Phi) is 4.39. The van der Waals surface area contributed by atoms with Crippen LogP contribution in [-0.2, 0) is 18.3 Å². The number of hydrogen-bond donors (Lipinski definition) is 0. The van der Waals surface area contributed by atoms with Gasteiger partial charge in [-0.1, -0.05) is 18.2 Å². The number of nitrogens with zero attached hydrogens (tertiary/aromatic N) is 5. The van der Waals surface area contributed by atoms with Crippen LogP contribution in [-0.4, -0.2) is 51.5 Å². The number of fused-ring (bicyclic) bond motifs is 2. The summed E-state index contributed by atoms with van der Waals surface area (Å²) in [6.45, 7) is 3.15. The highest BCUT2D eigenvalue weighted by Crippen LogP contribution is 2.23. The fraction of sp³-hybridized carbons (Fsp3) is 0.261. The summed E-state index contributed by atoms with van der Waals surface area (Å²) in [6, 6.07) is 14.5. The molecule has 6 nitrogen and oxygen atoms in total. The lowest BCUT2D eigenvalue weighted by Gasteiger charge is -2.36. The maximum absolute atomic E-state index is 12.9. The van der Waals surface area contributed by atoms with Gasteiger partial charge in [0.15, 0.2) is 0 Å². The fourth-order valence-electron chi connectivity index (χ4n) is 4.22. The molecule has 2 aromatic carbocycles. The lowest BCUT2D eigenvalue weighted by atomic mass is 10.1. The number of benzene rings is 2. The Labute approximate surface area is 169 Å². The summed E-state index contributed by atoms with van der Waals surface area (Å²) in [4.78, 5) is 25.6. The second-order valence-electron chi connectivity index (χ2n) is 7.59. The van der Waals surface area contributed by atoms with Crippen LogP contribution in [0.25, 0.3) is 21.8 Å². The second kappa shape index (κ2) is 7.20. The summed E-state index contributed by atoms with van der Waals surface area (Å²) in [6.07, 6.45) is 5.95. The van der Waals surface area contributed by atoms with Crippen molar-refractivity contribution in [1.29, 1.82) is 0 Å². The first-order valence-electron chi connectivity index (χ1n) is 9.94. The average molecular weight is 385 g/mol. The molecule has 0 saturated carbocycles. The Bertz CT molecular complexity index is 1190. The Morgan fingerprint density at radius 2 is 1.90 bits per heavy atom. The molecular weight excluding hydrogens is 362 g/mol. The number of carbonyl (C=O) groups is 1. The zero-order chi connectivity index (χ0) is 19.8. The quantitative estimate of drug-likeness (QED) is 0.544. The van der Waals surface area contributed by atoms with Gasteiger partial charge < -0.3 is 14.4 Å². The topological polar surface area (TPSA) is 54.3 Å². The predicted molar refractivity (Wildman–Crippen MR) is 115 cm³/mol. The number of aryl methyl sites for hydroxylation is 1. The lowest BCUT2D eigenvalue weighted by Crippen LogP contribution is -2.49. The Morgan fingerprint density at radius 3 is 2.76 bits per heavy atom. The number of para-hydroxylation sites is 1. The summed E-state index contributed by atoms with van der Waals surface area (Å²) in [5.41, 5.74) is 4.38. The van der Waals surface area contributed by atoms with E-state index >= 15 is 0 Å². The number of amides is 1. The van der Waals surface area contributed by atoms with E-state index in [4.69, 9.17) is 0 Å².